The smallest absolute Gasteiger partial charge is 0.241 e. The van der Waals surface area contributed by atoms with Crippen LogP contribution in [0.4, 0.5) is 0 Å². The number of aromatic nitrogens is 2. The Kier molecular flexibility index (Phi) is 10.6. The number of guanidine groups is 1. The zero-order chi connectivity index (χ0) is 19.6. The average Bonchev–Trinajstić information content (AvgIpc) is 3.14. The molecule has 0 radical (unpaired) electrons. The standard InChI is InChI=1S/C20H30N6O.HI/c1-16(2)12-21-20(23-14-19(27)25(3)4)22-13-17-8-5-6-9-18(17)15-26-11-7-10-24-26;/h5-11,16H,12-15H2,1-4H3,(H2,21,22,23);1H. The maximum Gasteiger partial charge on any atom is 0.241 e. The van der Waals surface area contributed by atoms with Gasteiger partial charge in [0.1, 0.15) is 0 Å². The second kappa shape index (κ2) is 12.4. The molecule has 2 N–H and O–H groups in total. The molecule has 0 saturated heterocycles. The number of hydrogen-bond acceptors (Lipinski definition) is 3. The molecule has 1 heterocycles. The monoisotopic (exact) mass is 498 g/mol. The number of nitrogens with one attached hydrogen (secondary N) is 2. The summed E-state index contributed by atoms with van der Waals surface area (Å²) in [5.74, 6) is 1.13. The van der Waals surface area contributed by atoms with Crippen molar-refractivity contribution in [3.05, 3.63) is 53.9 Å². The van der Waals surface area contributed by atoms with E-state index in [9.17, 15) is 4.79 Å². The third-order valence-corrected chi connectivity index (χ3v) is 4.00. The summed E-state index contributed by atoms with van der Waals surface area (Å²) in [7, 11) is 3.49. The van der Waals surface area contributed by atoms with Gasteiger partial charge in [-0.1, -0.05) is 38.1 Å². The van der Waals surface area contributed by atoms with Gasteiger partial charge in [-0.2, -0.15) is 5.10 Å². The molecule has 0 aliphatic carbocycles. The number of likely N-dealkylation sites (N-methyl/N-ethyl adjacent to an activating group) is 1. The molecule has 28 heavy (non-hydrogen) atoms. The molecular formula is C20H31IN6O. The van der Waals surface area contributed by atoms with E-state index in [1.807, 2.05) is 29.1 Å². The lowest BCUT2D eigenvalue weighted by molar-refractivity contribution is -0.127. The number of rotatable bonds is 8. The van der Waals surface area contributed by atoms with Crippen molar-refractivity contribution in [3.8, 4) is 0 Å². The van der Waals surface area contributed by atoms with Crippen molar-refractivity contribution in [1.82, 2.24) is 25.3 Å². The van der Waals surface area contributed by atoms with Crippen LogP contribution in [0.15, 0.2) is 47.7 Å². The molecule has 0 aliphatic rings. The molecule has 1 amide bonds. The van der Waals surface area contributed by atoms with Crippen molar-refractivity contribution in [3.63, 3.8) is 0 Å². The quantitative estimate of drug-likeness (QED) is 0.333. The summed E-state index contributed by atoms with van der Waals surface area (Å²) in [6.07, 6.45) is 3.73. The predicted molar refractivity (Wildman–Crippen MR) is 124 cm³/mol. The van der Waals surface area contributed by atoms with Crippen LogP contribution in [0, 0.1) is 5.92 Å². The van der Waals surface area contributed by atoms with Crippen molar-refractivity contribution >= 4 is 35.8 Å². The third-order valence-electron chi connectivity index (χ3n) is 4.00. The molecule has 1 aromatic carbocycles. The van der Waals surface area contributed by atoms with Gasteiger partial charge in [0.05, 0.1) is 19.6 Å². The van der Waals surface area contributed by atoms with Crippen LogP contribution in [0.1, 0.15) is 25.0 Å². The summed E-state index contributed by atoms with van der Waals surface area (Å²) in [5.41, 5.74) is 2.31. The van der Waals surface area contributed by atoms with Crippen LogP contribution in [-0.2, 0) is 17.9 Å². The number of benzene rings is 1. The summed E-state index contributed by atoms with van der Waals surface area (Å²) in [6, 6.07) is 10.1. The Labute approximate surface area is 184 Å². The van der Waals surface area contributed by atoms with Crippen LogP contribution in [-0.4, -0.2) is 53.7 Å². The first kappa shape index (κ1) is 23.9. The molecule has 2 rings (SSSR count). The number of aliphatic imine (C=N–C) groups is 1. The van der Waals surface area contributed by atoms with E-state index in [2.05, 4.69) is 46.7 Å². The number of hydrogen-bond donors (Lipinski definition) is 2. The predicted octanol–water partition coefficient (Wildman–Crippen LogP) is 2.33. The lowest BCUT2D eigenvalue weighted by Gasteiger charge is -2.16. The molecule has 0 atom stereocenters. The molecule has 7 nitrogen and oxygen atoms in total. The minimum atomic E-state index is 0. The highest BCUT2D eigenvalue weighted by atomic mass is 127. The van der Waals surface area contributed by atoms with Gasteiger partial charge in [0.15, 0.2) is 5.96 Å². The normalized spacial score (nSPS) is 11.1. The van der Waals surface area contributed by atoms with Gasteiger partial charge in [-0.05, 0) is 23.1 Å². The van der Waals surface area contributed by atoms with Gasteiger partial charge in [-0.25, -0.2) is 4.99 Å². The number of nitrogens with zero attached hydrogens (tertiary/aromatic N) is 4. The minimum absolute atomic E-state index is 0. The Morgan fingerprint density at radius 1 is 1.18 bits per heavy atom. The van der Waals surface area contributed by atoms with E-state index in [0.717, 1.165) is 12.1 Å². The van der Waals surface area contributed by atoms with Gasteiger partial charge in [-0.3, -0.25) is 9.48 Å². The minimum Gasteiger partial charge on any atom is -0.356 e. The van der Waals surface area contributed by atoms with E-state index in [4.69, 9.17) is 0 Å². The van der Waals surface area contributed by atoms with Crippen LogP contribution in [0.5, 0.6) is 0 Å². The van der Waals surface area contributed by atoms with E-state index in [1.54, 1.807) is 25.2 Å². The van der Waals surface area contributed by atoms with Gasteiger partial charge >= 0.3 is 0 Å². The van der Waals surface area contributed by atoms with Gasteiger partial charge in [-0.15, -0.1) is 24.0 Å². The Morgan fingerprint density at radius 3 is 2.50 bits per heavy atom. The van der Waals surface area contributed by atoms with Crippen LogP contribution >= 0.6 is 24.0 Å². The molecule has 2 aromatic rings. The topological polar surface area (TPSA) is 74.5 Å². The Hall–Kier alpha value is -2.10. The molecule has 8 heteroatoms. The second-order valence-electron chi connectivity index (χ2n) is 7.05. The van der Waals surface area contributed by atoms with Gasteiger partial charge in [0.25, 0.3) is 0 Å². The average molecular weight is 498 g/mol. The number of halogens is 1. The molecule has 0 unspecified atom stereocenters. The van der Waals surface area contributed by atoms with E-state index < -0.39 is 0 Å². The second-order valence-corrected chi connectivity index (χ2v) is 7.05. The first-order valence-electron chi connectivity index (χ1n) is 9.22. The molecule has 0 spiro atoms. The Bertz CT molecular complexity index is 743. The van der Waals surface area contributed by atoms with E-state index in [1.165, 1.54) is 5.56 Å². The lowest BCUT2D eigenvalue weighted by atomic mass is 10.1. The summed E-state index contributed by atoms with van der Waals surface area (Å²) in [5, 5.41) is 10.7. The maximum absolute atomic E-state index is 11.9. The van der Waals surface area contributed by atoms with Crippen LogP contribution in [0.3, 0.4) is 0 Å². The molecule has 1 aromatic heterocycles. The molecular weight excluding hydrogens is 467 g/mol. The van der Waals surface area contributed by atoms with Crippen LogP contribution in [0.2, 0.25) is 0 Å². The van der Waals surface area contributed by atoms with Crippen LogP contribution in [0.25, 0.3) is 0 Å². The highest BCUT2D eigenvalue weighted by Gasteiger charge is 2.08. The fraction of sp³-hybridized carbons (Fsp3) is 0.450. The van der Waals surface area contributed by atoms with Gasteiger partial charge < -0.3 is 15.5 Å². The first-order valence-corrected chi connectivity index (χ1v) is 9.22. The maximum atomic E-state index is 11.9. The zero-order valence-electron chi connectivity index (χ0n) is 17.1. The zero-order valence-corrected chi connectivity index (χ0v) is 19.4. The van der Waals surface area contributed by atoms with Crippen molar-refractivity contribution in [2.24, 2.45) is 10.9 Å². The Balaban J connectivity index is 0.00000392. The largest absolute Gasteiger partial charge is 0.356 e. The van der Waals surface area contributed by atoms with Crippen molar-refractivity contribution in [2.45, 2.75) is 26.9 Å². The van der Waals surface area contributed by atoms with Crippen molar-refractivity contribution in [1.29, 1.82) is 0 Å². The first-order chi connectivity index (χ1) is 13.0. The van der Waals surface area contributed by atoms with Crippen LogP contribution < -0.4 is 10.6 Å². The highest BCUT2D eigenvalue weighted by Crippen LogP contribution is 2.11. The number of carbonyl (C=O) groups is 1. The van der Waals surface area contributed by atoms with Gasteiger partial charge in [0.2, 0.25) is 5.91 Å². The van der Waals surface area contributed by atoms with Crippen molar-refractivity contribution in [2.75, 3.05) is 27.2 Å². The molecule has 0 saturated carbocycles. The molecule has 0 aliphatic heterocycles. The summed E-state index contributed by atoms with van der Waals surface area (Å²) in [4.78, 5) is 18.1. The highest BCUT2D eigenvalue weighted by molar-refractivity contribution is 14.0. The fourth-order valence-electron chi connectivity index (χ4n) is 2.39. The third kappa shape index (κ3) is 8.28. The van der Waals surface area contributed by atoms with Gasteiger partial charge in [0, 0.05) is 33.0 Å². The van der Waals surface area contributed by atoms with E-state index in [-0.39, 0.29) is 36.4 Å². The molecule has 0 bridgehead atoms. The number of amides is 1. The van der Waals surface area contributed by atoms with Crippen molar-refractivity contribution < 1.29 is 4.79 Å². The fourth-order valence-corrected chi connectivity index (χ4v) is 2.39. The summed E-state index contributed by atoms with van der Waals surface area (Å²) >= 11 is 0. The lowest BCUT2D eigenvalue weighted by Crippen LogP contribution is -2.44. The molecule has 0 fully saturated rings. The van der Waals surface area contributed by atoms with E-state index >= 15 is 0 Å². The molecule has 154 valence electrons. The SMILES string of the molecule is CC(C)CNC(=NCc1ccccc1Cn1cccn1)NCC(=O)N(C)C.I. The number of carbonyl (C=O) groups excluding carboxylic acids is 1. The Morgan fingerprint density at radius 2 is 1.89 bits per heavy atom. The summed E-state index contributed by atoms with van der Waals surface area (Å²) in [6.45, 7) is 6.51. The van der Waals surface area contributed by atoms with E-state index in [0.29, 0.717) is 25.0 Å². The summed E-state index contributed by atoms with van der Waals surface area (Å²) < 4.78 is 1.90.